The molecule has 1 amide bonds. The second-order valence-corrected chi connectivity index (χ2v) is 10.7. The second kappa shape index (κ2) is 10.7. The van der Waals surface area contributed by atoms with Gasteiger partial charge in [0.2, 0.25) is 5.91 Å². The normalized spacial score (nSPS) is 11.5. The molecule has 0 unspecified atom stereocenters. The van der Waals surface area contributed by atoms with Gasteiger partial charge in [-0.25, -0.2) is 13.4 Å². The van der Waals surface area contributed by atoms with Crippen LogP contribution in [0.1, 0.15) is 12.0 Å². The Morgan fingerprint density at radius 1 is 1.10 bits per heavy atom. The summed E-state index contributed by atoms with van der Waals surface area (Å²) in [5.74, 6) is -1.10. The van der Waals surface area contributed by atoms with Crippen molar-refractivity contribution in [3.8, 4) is 0 Å². The average molecular weight is 502 g/mol. The van der Waals surface area contributed by atoms with E-state index in [0.717, 1.165) is 22.3 Å². The highest BCUT2D eigenvalue weighted by Crippen LogP contribution is 2.35. The number of rotatable bonds is 8. The smallest absolute Gasteiger partial charge is 0.244 e. The largest absolute Gasteiger partial charge is 0.309 e. The van der Waals surface area contributed by atoms with Gasteiger partial charge in [0, 0.05) is 6.54 Å². The number of benzene rings is 2. The molecule has 0 aliphatic rings. The maximum Gasteiger partial charge on any atom is 0.244 e. The van der Waals surface area contributed by atoms with Crippen LogP contribution in [-0.2, 0) is 14.6 Å². The summed E-state index contributed by atoms with van der Waals surface area (Å²) in [7, 11) is 0.151. The van der Waals surface area contributed by atoms with E-state index < -0.39 is 21.5 Å². The first-order valence-electron chi connectivity index (χ1n) is 9.47. The fourth-order valence-corrected chi connectivity index (χ4v) is 5.61. The van der Waals surface area contributed by atoms with Crippen molar-refractivity contribution in [2.45, 2.75) is 18.2 Å². The van der Waals surface area contributed by atoms with Crippen LogP contribution in [0, 0.1) is 6.92 Å². The minimum atomic E-state index is -3.75. The van der Waals surface area contributed by atoms with Crippen molar-refractivity contribution in [1.82, 2.24) is 9.88 Å². The lowest BCUT2D eigenvalue weighted by atomic mass is 10.2. The lowest BCUT2D eigenvalue weighted by molar-refractivity contribution is -0.116. The first-order chi connectivity index (χ1) is 14.2. The summed E-state index contributed by atoms with van der Waals surface area (Å²) >= 11 is 7.63. The van der Waals surface area contributed by atoms with Gasteiger partial charge in [0.1, 0.15) is 5.75 Å². The Balaban J connectivity index is 0.00000341. The molecule has 0 aliphatic heterocycles. The van der Waals surface area contributed by atoms with E-state index >= 15 is 0 Å². The summed E-state index contributed by atoms with van der Waals surface area (Å²) in [5, 5.41) is 1.03. The monoisotopic (exact) mass is 501 g/mol. The van der Waals surface area contributed by atoms with Crippen molar-refractivity contribution in [3.63, 3.8) is 0 Å². The van der Waals surface area contributed by atoms with Crippen LogP contribution < -0.4 is 4.90 Å². The Kier molecular flexibility index (Phi) is 8.85. The molecule has 0 fully saturated rings. The summed E-state index contributed by atoms with van der Waals surface area (Å²) in [4.78, 5) is 21.4. The van der Waals surface area contributed by atoms with Gasteiger partial charge in [0.25, 0.3) is 0 Å². The Bertz CT molecular complexity index is 1110. The van der Waals surface area contributed by atoms with Crippen molar-refractivity contribution in [3.05, 3.63) is 53.1 Å². The highest BCUT2D eigenvalue weighted by atomic mass is 35.5. The molecule has 0 N–H and O–H groups in total. The standard InChI is InChI=1S/C21H24ClN3O3S2.ClH/c1-15-10-11-17(22)20-19(15)23-21(29-20)25(13-7-12-24(2)3)18(26)14-30(27,28)16-8-5-4-6-9-16;/h4-6,8-11H,7,12-14H2,1-3H3;1H. The predicted octanol–water partition coefficient (Wildman–Crippen LogP) is 4.44. The molecule has 0 aliphatic carbocycles. The number of fused-ring (bicyclic) bond motifs is 1. The molecule has 3 aromatic rings. The number of carbonyl (C=O) groups is 1. The van der Waals surface area contributed by atoms with Gasteiger partial charge in [-0.15, -0.1) is 12.4 Å². The van der Waals surface area contributed by atoms with Gasteiger partial charge in [-0.2, -0.15) is 0 Å². The molecule has 31 heavy (non-hydrogen) atoms. The van der Waals surface area contributed by atoms with E-state index in [2.05, 4.69) is 4.98 Å². The number of amides is 1. The fourth-order valence-electron chi connectivity index (χ4n) is 3.03. The quantitative estimate of drug-likeness (QED) is 0.456. The third-order valence-electron chi connectivity index (χ3n) is 4.62. The molecule has 1 heterocycles. The Hall–Kier alpha value is -1.71. The van der Waals surface area contributed by atoms with E-state index in [1.54, 1.807) is 24.3 Å². The van der Waals surface area contributed by atoms with Gasteiger partial charge < -0.3 is 4.90 Å². The summed E-state index contributed by atoms with van der Waals surface area (Å²) < 4.78 is 26.3. The van der Waals surface area contributed by atoms with Crippen LogP contribution in [-0.4, -0.2) is 57.1 Å². The van der Waals surface area contributed by atoms with E-state index in [0.29, 0.717) is 23.1 Å². The zero-order valence-electron chi connectivity index (χ0n) is 17.5. The number of nitrogens with zero attached hydrogens (tertiary/aromatic N) is 3. The van der Waals surface area contributed by atoms with Gasteiger partial charge in [-0.1, -0.05) is 47.2 Å². The van der Waals surface area contributed by atoms with Crippen LogP contribution in [0.25, 0.3) is 10.2 Å². The number of hydrogen-bond acceptors (Lipinski definition) is 6. The average Bonchev–Trinajstić information content (AvgIpc) is 3.14. The van der Waals surface area contributed by atoms with Crippen LogP contribution in [0.15, 0.2) is 47.4 Å². The molecule has 1 aromatic heterocycles. The molecule has 6 nitrogen and oxygen atoms in total. The van der Waals surface area contributed by atoms with Gasteiger partial charge in [-0.3, -0.25) is 9.69 Å². The lowest BCUT2D eigenvalue weighted by Gasteiger charge is -2.21. The summed E-state index contributed by atoms with van der Waals surface area (Å²) in [6, 6.07) is 11.7. The van der Waals surface area contributed by atoms with E-state index in [4.69, 9.17) is 11.6 Å². The zero-order chi connectivity index (χ0) is 21.9. The Morgan fingerprint density at radius 2 is 1.77 bits per heavy atom. The molecule has 3 rings (SSSR count). The number of thiazole rings is 1. The number of carbonyl (C=O) groups excluding carboxylic acids is 1. The van der Waals surface area contributed by atoms with Crippen molar-refractivity contribution >= 4 is 66.4 Å². The van der Waals surface area contributed by atoms with E-state index in [9.17, 15) is 13.2 Å². The molecule has 0 bridgehead atoms. The number of aryl methyl sites for hydroxylation is 1. The van der Waals surface area contributed by atoms with Crippen molar-refractivity contribution in [2.75, 3.05) is 37.8 Å². The Morgan fingerprint density at radius 3 is 2.39 bits per heavy atom. The topological polar surface area (TPSA) is 70.6 Å². The molecule has 10 heteroatoms. The van der Waals surface area contributed by atoms with E-state index in [1.807, 2.05) is 32.0 Å². The van der Waals surface area contributed by atoms with Gasteiger partial charge >= 0.3 is 0 Å². The van der Waals surface area contributed by atoms with Crippen LogP contribution in [0.2, 0.25) is 5.02 Å². The minimum Gasteiger partial charge on any atom is -0.309 e. The van der Waals surface area contributed by atoms with E-state index in [1.165, 1.54) is 28.4 Å². The maximum atomic E-state index is 13.1. The van der Waals surface area contributed by atoms with Crippen LogP contribution in [0.3, 0.4) is 0 Å². The molecule has 2 aromatic carbocycles. The van der Waals surface area contributed by atoms with Gasteiger partial charge in [-0.05, 0) is 57.7 Å². The number of anilines is 1. The van der Waals surface area contributed by atoms with Crippen molar-refractivity contribution in [2.24, 2.45) is 0 Å². The first-order valence-corrected chi connectivity index (χ1v) is 12.3. The molecule has 0 spiro atoms. The predicted molar refractivity (Wildman–Crippen MR) is 131 cm³/mol. The van der Waals surface area contributed by atoms with Crippen LogP contribution in [0.4, 0.5) is 5.13 Å². The summed E-state index contributed by atoms with van der Waals surface area (Å²) in [6.45, 7) is 3.07. The number of sulfone groups is 1. The third-order valence-corrected chi connectivity index (χ3v) is 7.78. The lowest BCUT2D eigenvalue weighted by Crippen LogP contribution is -2.37. The molecule has 0 radical (unpaired) electrons. The van der Waals surface area contributed by atoms with Crippen LogP contribution >= 0.6 is 35.3 Å². The van der Waals surface area contributed by atoms with Gasteiger partial charge in [0.05, 0.1) is 20.1 Å². The Labute approximate surface area is 198 Å². The summed E-state index contributed by atoms with van der Waals surface area (Å²) in [5.41, 5.74) is 1.69. The second-order valence-electron chi connectivity index (χ2n) is 7.31. The molecular weight excluding hydrogens is 477 g/mol. The SMILES string of the molecule is Cc1ccc(Cl)c2sc(N(CCCN(C)C)C(=O)CS(=O)(=O)c3ccccc3)nc12.Cl. The highest BCUT2D eigenvalue weighted by Gasteiger charge is 2.26. The molecule has 0 saturated heterocycles. The zero-order valence-corrected chi connectivity index (χ0v) is 20.7. The van der Waals surface area contributed by atoms with Crippen molar-refractivity contribution in [1.29, 1.82) is 0 Å². The fraction of sp³-hybridized carbons (Fsp3) is 0.333. The van der Waals surface area contributed by atoms with Gasteiger partial charge in [0.15, 0.2) is 15.0 Å². The number of aromatic nitrogens is 1. The first kappa shape index (κ1) is 25.5. The maximum absolute atomic E-state index is 13.1. The summed E-state index contributed by atoms with van der Waals surface area (Å²) in [6.07, 6.45) is 0.687. The third kappa shape index (κ3) is 6.17. The molecular formula is C21H25Cl2N3O3S2. The molecule has 168 valence electrons. The minimum absolute atomic E-state index is 0. The molecule has 0 atom stereocenters. The van der Waals surface area contributed by atoms with E-state index in [-0.39, 0.29) is 17.3 Å². The number of hydrogen-bond donors (Lipinski definition) is 0. The van der Waals surface area contributed by atoms with Crippen LogP contribution in [0.5, 0.6) is 0 Å². The highest BCUT2D eigenvalue weighted by molar-refractivity contribution is 7.92. The van der Waals surface area contributed by atoms with Crippen molar-refractivity contribution < 1.29 is 13.2 Å². The number of halogens is 2. The molecule has 0 saturated carbocycles.